The zero-order chi connectivity index (χ0) is 24.2. The van der Waals surface area contributed by atoms with Gasteiger partial charge in [0.05, 0.1) is 17.9 Å². The van der Waals surface area contributed by atoms with Gasteiger partial charge in [-0.15, -0.1) is 0 Å². The molecule has 2 aromatic rings. The molecule has 1 aliphatic rings. The Morgan fingerprint density at radius 2 is 1.76 bits per heavy atom. The number of carbonyl (C=O) groups excluding carboxylic acids is 3. The van der Waals surface area contributed by atoms with Crippen LogP contribution in [0.25, 0.3) is 11.3 Å². The topological polar surface area (TPSA) is 102 Å². The third-order valence-corrected chi connectivity index (χ3v) is 5.52. The fraction of sp³-hybridized carbons (Fsp3) is 0.520. The summed E-state index contributed by atoms with van der Waals surface area (Å²) in [5.41, 5.74) is 1.75. The van der Waals surface area contributed by atoms with Crippen LogP contribution in [0.15, 0.2) is 24.3 Å². The molecule has 8 nitrogen and oxygen atoms in total. The number of aromatic amines is 1. The Kier molecular flexibility index (Phi) is 7.56. The number of ketones is 1. The summed E-state index contributed by atoms with van der Waals surface area (Å²) < 4.78 is 10.5. The standard InChI is InChI=1S/C25H33N3O5/c1-6-32-23(30)19-9-7-18(8-10-19)22-21(16(2)29)26-20(27-22)15-17-11-13-28(14-12-17)24(31)33-25(3,4)5/h7-10,17H,6,11-15H2,1-5H3,(H,26,27). The van der Waals surface area contributed by atoms with E-state index in [2.05, 4.69) is 4.98 Å². The van der Waals surface area contributed by atoms with Gasteiger partial charge in [0.2, 0.25) is 0 Å². The third kappa shape index (κ3) is 6.43. The first-order valence-corrected chi connectivity index (χ1v) is 11.4. The molecule has 2 heterocycles. The number of imidazole rings is 1. The molecule has 0 spiro atoms. The Hall–Kier alpha value is -3.16. The molecule has 1 aromatic heterocycles. The van der Waals surface area contributed by atoms with Gasteiger partial charge in [0.15, 0.2) is 5.78 Å². The van der Waals surface area contributed by atoms with Gasteiger partial charge in [-0.3, -0.25) is 4.79 Å². The number of amides is 1. The van der Waals surface area contributed by atoms with E-state index in [1.54, 1.807) is 36.1 Å². The Morgan fingerprint density at radius 1 is 1.12 bits per heavy atom. The Morgan fingerprint density at radius 3 is 2.30 bits per heavy atom. The van der Waals surface area contributed by atoms with Crippen LogP contribution in [-0.2, 0) is 15.9 Å². The molecule has 0 radical (unpaired) electrons. The first-order chi connectivity index (χ1) is 15.6. The number of nitrogens with one attached hydrogen (secondary N) is 1. The molecule has 0 atom stereocenters. The van der Waals surface area contributed by atoms with E-state index in [4.69, 9.17) is 14.5 Å². The number of nitrogens with zero attached hydrogens (tertiary/aromatic N) is 2. The Balaban J connectivity index is 1.67. The second-order valence-corrected chi connectivity index (χ2v) is 9.38. The van der Waals surface area contributed by atoms with Crippen molar-refractivity contribution in [3.8, 4) is 11.3 Å². The average molecular weight is 456 g/mol. The molecule has 33 heavy (non-hydrogen) atoms. The van der Waals surface area contributed by atoms with Crippen LogP contribution in [0.3, 0.4) is 0 Å². The Labute approximate surface area is 194 Å². The zero-order valence-electron chi connectivity index (χ0n) is 20.1. The molecule has 1 N–H and O–H groups in total. The third-order valence-electron chi connectivity index (χ3n) is 5.52. The van der Waals surface area contributed by atoms with Crippen LogP contribution in [-0.4, -0.2) is 58.0 Å². The van der Waals surface area contributed by atoms with Crippen molar-refractivity contribution in [1.82, 2.24) is 14.9 Å². The summed E-state index contributed by atoms with van der Waals surface area (Å²) in [6.07, 6.45) is 2.12. The number of ether oxygens (including phenoxy) is 2. The normalized spacial score (nSPS) is 14.8. The fourth-order valence-corrected chi connectivity index (χ4v) is 3.88. The summed E-state index contributed by atoms with van der Waals surface area (Å²) in [7, 11) is 0. The zero-order valence-corrected chi connectivity index (χ0v) is 20.1. The number of esters is 1. The van der Waals surface area contributed by atoms with E-state index in [0.29, 0.717) is 49.0 Å². The number of piperidine rings is 1. The number of carbonyl (C=O) groups is 3. The highest BCUT2D eigenvalue weighted by atomic mass is 16.6. The Bertz CT molecular complexity index is 996. The van der Waals surface area contributed by atoms with Crippen molar-refractivity contribution in [3.63, 3.8) is 0 Å². The fourth-order valence-electron chi connectivity index (χ4n) is 3.88. The van der Waals surface area contributed by atoms with Crippen molar-refractivity contribution in [2.75, 3.05) is 19.7 Å². The SMILES string of the molecule is CCOC(=O)c1ccc(-c2nc(CC3CCN(C(=O)OC(C)(C)C)CC3)[nH]c2C(C)=O)cc1. The van der Waals surface area contributed by atoms with E-state index >= 15 is 0 Å². The maximum atomic E-state index is 12.3. The van der Waals surface area contributed by atoms with Gasteiger partial charge in [0, 0.05) is 32.0 Å². The van der Waals surface area contributed by atoms with Gasteiger partial charge in [0.1, 0.15) is 17.1 Å². The van der Waals surface area contributed by atoms with Crippen molar-refractivity contribution in [2.45, 2.75) is 59.5 Å². The average Bonchev–Trinajstić information content (AvgIpc) is 3.17. The van der Waals surface area contributed by atoms with E-state index in [-0.39, 0.29) is 17.8 Å². The molecule has 0 aliphatic carbocycles. The number of benzene rings is 1. The second kappa shape index (κ2) is 10.2. The van der Waals surface area contributed by atoms with Crippen LogP contribution in [0.1, 0.15) is 74.1 Å². The summed E-state index contributed by atoms with van der Waals surface area (Å²) in [6.45, 7) is 10.5. The lowest BCUT2D eigenvalue weighted by Gasteiger charge is -2.33. The number of aromatic nitrogens is 2. The minimum absolute atomic E-state index is 0.0991. The van der Waals surface area contributed by atoms with Gasteiger partial charge in [-0.25, -0.2) is 14.6 Å². The van der Waals surface area contributed by atoms with E-state index in [1.807, 2.05) is 20.8 Å². The van der Waals surface area contributed by atoms with Gasteiger partial charge < -0.3 is 19.4 Å². The van der Waals surface area contributed by atoms with Crippen molar-refractivity contribution in [2.24, 2.45) is 5.92 Å². The van der Waals surface area contributed by atoms with Gasteiger partial charge in [-0.05, 0) is 58.6 Å². The molecule has 0 saturated carbocycles. The number of Topliss-reactive ketones (excluding diaryl/α,β-unsaturated/α-hetero) is 1. The van der Waals surface area contributed by atoms with Crippen molar-refractivity contribution < 1.29 is 23.9 Å². The van der Waals surface area contributed by atoms with Gasteiger partial charge in [-0.1, -0.05) is 12.1 Å². The maximum Gasteiger partial charge on any atom is 0.410 e. The summed E-state index contributed by atoms with van der Waals surface area (Å²) >= 11 is 0. The highest BCUT2D eigenvalue weighted by molar-refractivity contribution is 5.98. The van der Waals surface area contributed by atoms with Crippen molar-refractivity contribution >= 4 is 17.8 Å². The van der Waals surface area contributed by atoms with Crippen LogP contribution in [0.4, 0.5) is 4.79 Å². The summed E-state index contributed by atoms with van der Waals surface area (Å²) in [6, 6.07) is 6.91. The van der Waals surface area contributed by atoms with Crippen LogP contribution < -0.4 is 0 Å². The molecule has 8 heteroatoms. The summed E-state index contributed by atoms with van der Waals surface area (Å²) in [4.78, 5) is 46.1. The first kappa shape index (κ1) is 24.5. The number of hydrogen-bond acceptors (Lipinski definition) is 6. The van der Waals surface area contributed by atoms with Gasteiger partial charge >= 0.3 is 12.1 Å². The van der Waals surface area contributed by atoms with Gasteiger partial charge in [-0.2, -0.15) is 0 Å². The molecule has 1 fully saturated rings. The largest absolute Gasteiger partial charge is 0.462 e. The smallest absolute Gasteiger partial charge is 0.410 e. The molecule has 1 aliphatic heterocycles. The minimum Gasteiger partial charge on any atom is -0.462 e. The highest BCUT2D eigenvalue weighted by Crippen LogP contribution is 2.27. The molecular formula is C25H33N3O5. The molecule has 178 valence electrons. The monoisotopic (exact) mass is 455 g/mol. The highest BCUT2D eigenvalue weighted by Gasteiger charge is 2.28. The molecular weight excluding hydrogens is 422 g/mol. The molecule has 1 saturated heterocycles. The molecule has 1 amide bonds. The van der Waals surface area contributed by atoms with E-state index < -0.39 is 5.60 Å². The molecule has 3 rings (SSSR count). The second-order valence-electron chi connectivity index (χ2n) is 9.38. The van der Waals surface area contributed by atoms with Crippen molar-refractivity contribution in [1.29, 1.82) is 0 Å². The van der Waals surface area contributed by atoms with Crippen LogP contribution in [0, 0.1) is 5.92 Å². The quantitative estimate of drug-likeness (QED) is 0.503. The van der Waals surface area contributed by atoms with E-state index in [0.717, 1.165) is 24.2 Å². The predicted octanol–water partition coefficient (Wildman–Crippen LogP) is 4.65. The lowest BCUT2D eigenvalue weighted by molar-refractivity contribution is 0.0183. The lowest BCUT2D eigenvalue weighted by atomic mass is 9.93. The molecule has 0 bridgehead atoms. The van der Waals surface area contributed by atoms with E-state index in [1.165, 1.54) is 6.92 Å². The number of hydrogen-bond donors (Lipinski definition) is 1. The molecule has 0 unspecified atom stereocenters. The van der Waals surface area contributed by atoms with Gasteiger partial charge in [0.25, 0.3) is 0 Å². The predicted molar refractivity (Wildman–Crippen MR) is 124 cm³/mol. The maximum absolute atomic E-state index is 12.3. The lowest BCUT2D eigenvalue weighted by Crippen LogP contribution is -2.42. The van der Waals surface area contributed by atoms with Crippen LogP contribution >= 0.6 is 0 Å². The summed E-state index contributed by atoms with van der Waals surface area (Å²) in [5.74, 6) is 0.628. The minimum atomic E-state index is -0.504. The van der Waals surface area contributed by atoms with Crippen LogP contribution in [0.2, 0.25) is 0 Å². The first-order valence-electron chi connectivity index (χ1n) is 11.4. The number of likely N-dealkylation sites (tertiary alicyclic amines) is 1. The summed E-state index contributed by atoms with van der Waals surface area (Å²) in [5, 5.41) is 0. The van der Waals surface area contributed by atoms with Crippen molar-refractivity contribution in [3.05, 3.63) is 41.3 Å². The molecule has 1 aromatic carbocycles. The van der Waals surface area contributed by atoms with E-state index in [9.17, 15) is 14.4 Å². The van der Waals surface area contributed by atoms with Crippen LogP contribution in [0.5, 0.6) is 0 Å². The number of H-pyrrole nitrogens is 1. The number of rotatable bonds is 6.